The zero-order chi connectivity index (χ0) is 14.3. The van der Waals surface area contributed by atoms with Gasteiger partial charge in [0.05, 0.1) is 0 Å². The van der Waals surface area contributed by atoms with Gasteiger partial charge in [-0.05, 0) is 57.1 Å². The van der Waals surface area contributed by atoms with E-state index in [0.717, 1.165) is 49.8 Å². The molecule has 0 bridgehead atoms. The van der Waals surface area contributed by atoms with Gasteiger partial charge in [0.2, 0.25) is 0 Å². The van der Waals surface area contributed by atoms with Crippen molar-refractivity contribution in [3.05, 3.63) is 22.9 Å². The molecule has 1 fully saturated rings. The molecule has 1 saturated heterocycles. The lowest BCUT2D eigenvalue weighted by atomic mass is 10.1. The Kier molecular flexibility index (Phi) is 3.40. The zero-order valence-electron chi connectivity index (χ0n) is 12.2. The summed E-state index contributed by atoms with van der Waals surface area (Å²) < 4.78 is 0. The normalized spacial score (nSPS) is 25.0. The lowest BCUT2D eigenvalue weighted by Crippen LogP contribution is -2.36. The number of pyridine rings is 1. The van der Waals surface area contributed by atoms with E-state index in [4.69, 9.17) is 4.98 Å². The largest absolute Gasteiger partial charge is 0.478 e. The average molecular weight is 274 g/mol. The van der Waals surface area contributed by atoms with Crippen molar-refractivity contribution in [2.45, 2.75) is 64.5 Å². The molecule has 3 rings (SSSR count). The van der Waals surface area contributed by atoms with Gasteiger partial charge in [-0.1, -0.05) is 6.92 Å². The van der Waals surface area contributed by atoms with Crippen LogP contribution in [0.25, 0.3) is 0 Å². The first kappa shape index (κ1) is 13.4. The van der Waals surface area contributed by atoms with Gasteiger partial charge in [-0.25, -0.2) is 9.78 Å². The molecule has 4 nitrogen and oxygen atoms in total. The van der Waals surface area contributed by atoms with Crippen molar-refractivity contribution in [2.24, 2.45) is 0 Å². The summed E-state index contributed by atoms with van der Waals surface area (Å²) >= 11 is 0. The summed E-state index contributed by atoms with van der Waals surface area (Å²) in [5.41, 5.74) is 2.63. The highest BCUT2D eigenvalue weighted by Crippen LogP contribution is 2.35. The van der Waals surface area contributed by atoms with Crippen LogP contribution in [0.15, 0.2) is 6.07 Å². The van der Waals surface area contributed by atoms with E-state index in [1.54, 1.807) is 0 Å². The van der Waals surface area contributed by atoms with Crippen LogP contribution in [0.3, 0.4) is 0 Å². The van der Waals surface area contributed by atoms with Gasteiger partial charge in [0.1, 0.15) is 11.4 Å². The Bertz CT molecular complexity index is 542. The number of nitrogens with zero attached hydrogens (tertiary/aromatic N) is 2. The van der Waals surface area contributed by atoms with E-state index in [9.17, 15) is 9.90 Å². The number of aromatic carboxylic acids is 1. The molecule has 2 unspecified atom stereocenters. The standard InChI is InChI=1S/C16H22N2O2/c1-3-12-8-7-10(2)18(12)15-13(16(19)20)9-11-5-4-6-14(11)17-15/h9-10,12H,3-8H2,1-2H3,(H,19,20). The number of carboxylic acid groups (broad SMARTS) is 1. The van der Waals surface area contributed by atoms with Gasteiger partial charge >= 0.3 is 5.97 Å². The molecule has 1 aliphatic heterocycles. The first-order valence-electron chi connectivity index (χ1n) is 7.66. The molecule has 1 aromatic rings. The first-order chi connectivity index (χ1) is 9.61. The molecule has 108 valence electrons. The Morgan fingerprint density at radius 1 is 1.45 bits per heavy atom. The Morgan fingerprint density at radius 2 is 2.25 bits per heavy atom. The Labute approximate surface area is 119 Å². The van der Waals surface area contributed by atoms with Crippen LogP contribution in [-0.4, -0.2) is 28.1 Å². The average Bonchev–Trinajstić information content (AvgIpc) is 3.02. The van der Waals surface area contributed by atoms with Crippen molar-refractivity contribution in [1.82, 2.24) is 4.98 Å². The van der Waals surface area contributed by atoms with E-state index in [-0.39, 0.29) is 0 Å². The minimum Gasteiger partial charge on any atom is -0.478 e. The molecule has 2 atom stereocenters. The third kappa shape index (κ3) is 2.07. The van der Waals surface area contributed by atoms with Crippen LogP contribution in [0.2, 0.25) is 0 Å². The Morgan fingerprint density at radius 3 is 2.95 bits per heavy atom. The molecule has 2 aliphatic rings. The summed E-state index contributed by atoms with van der Waals surface area (Å²) in [5.74, 6) is -0.147. The van der Waals surface area contributed by atoms with E-state index in [1.807, 2.05) is 6.07 Å². The minimum atomic E-state index is -0.851. The lowest BCUT2D eigenvalue weighted by Gasteiger charge is -2.30. The molecular formula is C16H22N2O2. The predicted octanol–water partition coefficient (Wildman–Crippen LogP) is 3.04. The highest BCUT2D eigenvalue weighted by Gasteiger charge is 2.34. The molecule has 4 heteroatoms. The number of fused-ring (bicyclic) bond motifs is 1. The molecule has 0 spiro atoms. The molecule has 20 heavy (non-hydrogen) atoms. The maximum Gasteiger partial charge on any atom is 0.339 e. The van der Waals surface area contributed by atoms with Crippen molar-refractivity contribution >= 4 is 11.8 Å². The second-order valence-electron chi connectivity index (χ2n) is 6.02. The van der Waals surface area contributed by atoms with E-state index >= 15 is 0 Å². The van der Waals surface area contributed by atoms with Crippen molar-refractivity contribution in [2.75, 3.05) is 4.90 Å². The highest BCUT2D eigenvalue weighted by atomic mass is 16.4. The third-order valence-electron chi connectivity index (χ3n) is 4.76. The van der Waals surface area contributed by atoms with Gasteiger partial charge in [0, 0.05) is 17.8 Å². The lowest BCUT2D eigenvalue weighted by molar-refractivity contribution is 0.0697. The summed E-state index contributed by atoms with van der Waals surface area (Å²) in [6.45, 7) is 4.35. The van der Waals surface area contributed by atoms with Gasteiger partial charge in [0.25, 0.3) is 0 Å². The van der Waals surface area contributed by atoms with Crippen LogP contribution >= 0.6 is 0 Å². The first-order valence-corrected chi connectivity index (χ1v) is 7.66. The molecule has 0 aromatic carbocycles. The van der Waals surface area contributed by atoms with Crippen molar-refractivity contribution in [1.29, 1.82) is 0 Å². The van der Waals surface area contributed by atoms with Crippen LogP contribution in [0.1, 0.15) is 61.1 Å². The van der Waals surface area contributed by atoms with Crippen LogP contribution < -0.4 is 4.90 Å². The van der Waals surface area contributed by atoms with Gasteiger partial charge in [0.15, 0.2) is 0 Å². The number of aromatic nitrogens is 1. The third-order valence-corrected chi connectivity index (χ3v) is 4.76. The van der Waals surface area contributed by atoms with Gasteiger partial charge < -0.3 is 10.0 Å². The molecule has 0 amide bonds. The minimum absolute atomic E-state index is 0.380. The monoisotopic (exact) mass is 274 g/mol. The number of anilines is 1. The zero-order valence-corrected chi connectivity index (χ0v) is 12.2. The van der Waals surface area contributed by atoms with Crippen LogP contribution in [0, 0.1) is 0 Å². The number of aryl methyl sites for hydroxylation is 2. The summed E-state index contributed by atoms with van der Waals surface area (Å²) in [4.78, 5) is 18.6. The van der Waals surface area contributed by atoms with E-state index in [0.29, 0.717) is 23.5 Å². The van der Waals surface area contributed by atoms with Crippen molar-refractivity contribution in [3.8, 4) is 0 Å². The van der Waals surface area contributed by atoms with Gasteiger partial charge in [-0.15, -0.1) is 0 Å². The fraction of sp³-hybridized carbons (Fsp3) is 0.625. The van der Waals surface area contributed by atoms with Crippen LogP contribution in [-0.2, 0) is 12.8 Å². The number of carbonyl (C=O) groups is 1. The highest BCUT2D eigenvalue weighted by molar-refractivity contribution is 5.94. The maximum atomic E-state index is 11.6. The fourth-order valence-corrected chi connectivity index (χ4v) is 3.67. The Hall–Kier alpha value is -1.58. The van der Waals surface area contributed by atoms with E-state index in [2.05, 4.69) is 18.7 Å². The SMILES string of the molecule is CCC1CCC(C)N1c1nc2c(cc1C(=O)O)CCC2. The van der Waals surface area contributed by atoms with E-state index < -0.39 is 5.97 Å². The summed E-state index contributed by atoms with van der Waals surface area (Å²) in [5, 5.41) is 9.54. The second kappa shape index (κ2) is 5.08. The molecule has 1 aliphatic carbocycles. The molecule has 1 N–H and O–H groups in total. The quantitative estimate of drug-likeness (QED) is 0.920. The molecular weight excluding hydrogens is 252 g/mol. The summed E-state index contributed by atoms with van der Waals surface area (Å²) in [7, 11) is 0. The number of carboxylic acids is 1. The van der Waals surface area contributed by atoms with Gasteiger partial charge in [-0.3, -0.25) is 0 Å². The summed E-state index contributed by atoms with van der Waals surface area (Å²) in [6, 6.07) is 2.67. The van der Waals surface area contributed by atoms with E-state index in [1.165, 1.54) is 0 Å². The Balaban J connectivity index is 2.09. The predicted molar refractivity (Wildman–Crippen MR) is 78.5 cm³/mol. The fourth-order valence-electron chi connectivity index (χ4n) is 3.67. The summed E-state index contributed by atoms with van der Waals surface area (Å²) in [6.07, 6.45) is 6.35. The topological polar surface area (TPSA) is 53.4 Å². The number of hydrogen-bond acceptors (Lipinski definition) is 3. The molecule has 2 heterocycles. The molecule has 0 radical (unpaired) electrons. The number of rotatable bonds is 3. The van der Waals surface area contributed by atoms with Crippen LogP contribution in [0.4, 0.5) is 5.82 Å². The van der Waals surface area contributed by atoms with Crippen molar-refractivity contribution in [3.63, 3.8) is 0 Å². The number of hydrogen-bond donors (Lipinski definition) is 1. The second-order valence-corrected chi connectivity index (χ2v) is 6.02. The van der Waals surface area contributed by atoms with Crippen molar-refractivity contribution < 1.29 is 9.90 Å². The molecule has 0 saturated carbocycles. The molecule has 1 aromatic heterocycles. The maximum absolute atomic E-state index is 11.6. The smallest absolute Gasteiger partial charge is 0.339 e. The van der Waals surface area contributed by atoms with Gasteiger partial charge in [-0.2, -0.15) is 0 Å². The van der Waals surface area contributed by atoms with Crippen LogP contribution in [0.5, 0.6) is 0 Å².